The molecule has 25 heavy (non-hydrogen) atoms. The summed E-state index contributed by atoms with van der Waals surface area (Å²) in [5, 5.41) is 7.64. The Morgan fingerprint density at radius 2 is 1.88 bits per heavy atom. The molecule has 0 aliphatic heterocycles. The molecule has 2 aromatic heterocycles. The van der Waals surface area contributed by atoms with Gasteiger partial charge in [0, 0.05) is 16.5 Å². The van der Waals surface area contributed by atoms with Crippen LogP contribution in [0.25, 0.3) is 11.3 Å². The summed E-state index contributed by atoms with van der Waals surface area (Å²) in [6.07, 6.45) is 0. The topological polar surface area (TPSA) is 76.9 Å². The largest absolute Gasteiger partial charge is 0.300 e. The van der Waals surface area contributed by atoms with Gasteiger partial charge in [-0.2, -0.15) is 5.10 Å². The van der Waals surface area contributed by atoms with Gasteiger partial charge in [-0.25, -0.2) is 9.67 Å². The number of aryl methyl sites for hydroxylation is 2. The Bertz CT molecular complexity index is 943. The molecular weight excluding hydrogens is 336 g/mol. The van der Waals surface area contributed by atoms with E-state index in [2.05, 4.69) is 15.4 Å². The summed E-state index contributed by atoms with van der Waals surface area (Å²) in [4.78, 5) is 30.0. The molecule has 6 nitrogen and oxygen atoms in total. The quantitative estimate of drug-likeness (QED) is 0.781. The average molecular weight is 354 g/mol. The molecule has 1 N–H and O–H groups in total. The van der Waals surface area contributed by atoms with Crippen molar-refractivity contribution < 1.29 is 4.79 Å². The summed E-state index contributed by atoms with van der Waals surface area (Å²) in [6.45, 7) is 5.48. The molecule has 128 valence electrons. The van der Waals surface area contributed by atoms with Gasteiger partial charge < -0.3 is 5.32 Å². The number of thiazole rings is 1. The Labute approximate surface area is 149 Å². The van der Waals surface area contributed by atoms with Crippen molar-refractivity contribution in [3.8, 4) is 11.3 Å². The second-order valence-electron chi connectivity index (χ2n) is 5.69. The number of anilines is 1. The van der Waals surface area contributed by atoms with Crippen molar-refractivity contribution >= 4 is 22.4 Å². The molecule has 1 aromatic carbocycles. The molecule has 0 unspecified atom stereocenters. The minimum atomic E-state index is -0.749. The number of nitrogens with zero attached hydrogens (tertiary/aromatic N) is 3. The first-order chi connectivity index (χ1) is 12.0. The third-order valence-corrected chi connectivity index (χ3v) is 4.89. The lowest BCUT2D eigenvalue weighted by Gasteiger charge is -2.14. The van der Waals surface area contributed by atoms with E-state index in [1.54, 1.807) is 13.0 Å². The van der Waals surface area contributed by atoms with E-state index in [0.717, 1.165) is 16.1 Å². The van der Waals surface area contributed by atoms with Crippen molar-refractivity contribution in [3.63, 3.8) is 0 Å². The van der Waals surface area contributed by atoms with Crippen LogP contribution in [0.2, 0.25) is 0 Å². The van der Waals surface area contributed by atoms with Crippen LogP contribution in [0.3, 0.4) is 0 Å². The number of amides is 1. The number of rotatable bonds is 4. The standard InChI is InChI=1S/C18H18N4O2S/c1-11-13(3)25-18(19-11)20-17(24)12(2)22-16(23)10-9-15(21-22)14-7-5-4-6-8-14/h4-10,12H,1-3H3,(H,19,20,24)/t12-/m1/s1. The fourth-order valence-corrected chi connectivity index (χ4v) is 3.13. The van der Waals surface area contributed by atoms with Gasteiger partial charge in [-0.1, -0.05) is 30.3 Å². The lowest BCUT2D eigenvalue weighted by molar-refractivity contribution is -0.119. The number of nitrogens with one attached hydrogen (secondary N) is 1. The third kappa shape index (κ3) is 3.66. The molecule has 1 amide bonds. The summed E-state index contributed by atoms with van der Waals surface area (Å²) in [7, 11) is 0. The first kappa shape index (κ1) is 17.0. The SMILES string of the molecule is Cc1nc(NC(=O)[C@@H](C)n2nc(-c3ccccc3)ccc2=O)sc1C. The zero-order valence-corrected chi connectivity index (χ0v) is 15.0. The van der Waals surface area contributed by atoms with Gasteiger partial charge in [0.05, 0.1) is 11.4 Å². The number of carbonyl (C=O) groups excluding carboxylic acids is 1. The predicted octanol–water partition coefficient (Wildman–Crippen LogP) is 3.18. The summed E-state index contributed by atoms with van der Waals surface area (Å²) in [5.41, 5.74) is 2.08. The number of hydrogen-bond acceptors (Lipinski definition) is 5. The van der Waals surface area contributed by atoms with Crippen molar-refractivity contribution in [2.75, 3.05) is 5.32 Å². The molecule has 2 heterocycles. The number of carbonyl (C=O) groups is 1. The number of aromatic nitrogens is 3. The molecule has 1 atom stereocenters. The van der Waals surface area contributed by atoms with Crippen LogP contribution in [0.15, 0.2) is 47.3 Å². The third-order valence-electron chi connectivity index (χ3n) is 3.90. The lowest BCUT2D eigenvalue weighted by Crippen LogP contribution is -2.33. The molecule has 7 heteroatoms. The van der Waals surface area contributed by atoms with Crippen molar-refractivity contribution in [2.45, 2.75) is 26.8 Å². The summed E-state index contributed by atoms with van der Waals surface area (Å²) < 4.78 is 1.20. The smallest absolute Gasteiger partial charge is 0.267 e. The first-order valence-electron chi connectivity index (χ1n) is 7.86. The molecular formula is C18H18N4O2S. The van der Waals surface area contributed by atoms with Crippen molar-refractivity contribution in [3.05, 3.63) is 63.4 Å². The molecule has 3 aromatic rings. The van der Waals surface area contributed by atoms with Gasteiger partial charge in [0.15, 0.2) is 5.13 Å². The van der Waals surface area contributed by atoms with E-state index >= 15 is 0 Å². The Balaban J connectivity index is 1.87. The van der Waals surface area contributed by atoms with Crippen molar-refractivity contribution in [1.29, 1.82) is 0 Å². The minimum absolute atomic E-state index is 0.325. The zero-order valence-electron chi connectivity index (χ0n) is 14.2. The summed E-state index contributed by atoms with van der Waals surface area (Å²) in [5.74, 6) is -0.325. The maximum absolute atomic E-state index is 12.5. The average Bonchev–Trinajstić information content (AvgIpc) is 2.93. The molecule has 0 fully saturated rings. The predicted molar refractivity (Wildman–Crippen MR) is 98.9 cm³/mol. The van der Waals surface area contributed by atoms with Crippen LogP contribution in [0.4, 0.5) is 5.13 Å². The molecule has 0 saturated heterocycles. The van der Waals surface area contributed by atoms with Crippen molar-refractivity contribution in [1.82, 2.24) is 14.8 Å². The van der Waals surface area contributed by atoms with Gasteiger partial charge in [0.2, 0.25) is 0 Å². The van der Waals surface area contributed by atoms with E-state index in [4.69, 9.17) is 0 Å². The molecule has 3 rings (SSSR count). The highest BCUT2D eigenvalue weighted by Gasteiger charge is 2.19. The van der Waals surface area contributed by atoms with E-state index in [1.165, 1.54) is 22.1 Å². The maximum Gasteiger partial charge on any atom is 0.267 e. The van der Waals surface area contributed by atoms with Crippen LogP contribution in [-0.4, -0.2) is 20.7 Å². The lowest BCUT2D eigenvalue weighted by atomic mass is 10.1. The van der Waals surface area contributed by atoms with Crippen LogP contribution in [-0.2, 0) is 4.79 Å². The van der Waals surface area contributed by atoms with Gasteiger partial charge in [-0.05, 0) is 26.8 Å². The number of benzene rings is 1. The van der Waals surface area contributed by atoms with Crippen molar-refractivity contribution in [2.24, 2.45) is 0 Å². The zero-order chi connectivity index (χ0) is 18.0. The molecule has 0 spiro atoms. The van der Waals surface area contributed by atoms with Crippen LogP contribution < -0.4 is 10.9 Å². The molecule has 0 aliphatic carbocycles. The minimum Gasteiger partial charge on any atom is -0.300 e. The molecule has 0 aliphatic rings. The highest BCUT2D eigenvalue weighted by atomic mass is 32.1. The number of hydrogen-bond donors (Lipinski definition) is 1. The fraction of sp³-hybridized carbons (Fsp3) is 0.222. The van der Waals surface area contributed by atoms with Gasteiger partial charge in [-0.3, -0.25) is 9.59 Å². The van der Waals surface area contributed by atoms with E-state index in [9.17, 15) is 9.59 Å². The Kier molecular flexibility index (Phi) is 4.76. The highest BCUT2D eigenvalue weighted by molar-refractivity contribution is 7.15. The van der Waals surface area contributed by atoms with Crippen LogP contribution in [0, 0.1) is 13.8 Å². The summed E-state index contributed by atoms with van der Waals surface area (Å²) >= 11 is 1.41. The van der Waals surface area contributed by atoms with Gasteiger partial charge >= 0.3 is 0 Å². The fourth-order valence-electron chi connectivity index (χ4n) is 2.31. The first-order valence-corrected chi connectivity index (χ1v) is 8.67. The second-order valence-corrected chi connectivity index (χ2v) is 6.90. The van der Waals surface area contributed by atoms with Crippen LogP contribution in [0.5, 0.6) is 0 Å². The second kappa shape index (κ2) is 6.98. The molecule has 0 saturated carbocycles. The Morgan fingerprint density at radius 1 is 1.16 bits per heavy atom. The monoisotopic (exact) mass is 354 g/mol. The van der Waals surface area contributed by atoms with Gasteiger partial charge in [-0.15, -0.1) is 11.3 Å². The Morgan fingerprint density at radius 3 is 2.52 bits per heavy atom. The normalized spacial score (nSPS) is 12.0. The van der Waals surface area contributed by atoms with Gasteiger partial charge in [0.25, 0.3) is 11.5 Å². The van der Waals surface area contributed by atoms with Crippen LogP contribution >= 0.6 is 11.3 Å². The summed E-state index contributed by atoms with van der Waals surface area (Å²) in [6, 6.07) is 11.9. The van der Waals surface area contributed by atoms with E-state index in [0.29, 0.717) is 10.8 Å². The van der Waals surface area contributed by atoms with E-state index in [-0.39, 0.29) is 11.5 Å². The van der Waals surface area contributed by atoms with Crippen LogP contribution in [0.1, 0.15) is 23.5 Å². The Hall–Kier alpha value is -2.80. The molecule has 0 radical (unpaired) electrons. The highest BCUT2D eigenvalue weighted by Crippen LogP contribution is 2.22. The van der Waals surface area contributed by atoms with E-state index < -0.39 is 6.04 Å². The van der Waals surface area contributed by atoms with E-state index in [1.807, 2.05) is 44.2 Å². The molecule has 0 bridgehead atoms. The maximum atomic E-state index is 12.5. The van der Waals surface area contributed by atoms with Gasteiger partial charge in [0.1, 0.15) is 6.04 Å².